The molecule has 1 unspecified atom stereocenters. The van der Waals surface area contributed by atoms with Crippen LogP contribution in [0, 0.1) is 5.82 Å². The lowest BCUT2D eigenvalue weighted by Crippen LogP contribution is -2.42. The summed E-state index contributed by atoms with van der Waals surface area (Å²) in [5, 5.41) is 6.21. The fraction of sp³-hybridized carbons (Fsp3) is 0.350. The SMILES string of the molecule is CN=C(NCCCS(=O)(=O)c1ccccc1)NCC(C)Oc1ccc(F)cc1.I. The molecule has 0 aromatic heterocycles. The van der Waals surface area contributed by atoms with E-state index in [4.69, 9.17) is 4.74 Å². The summed E-state index contributed by atoms with van der Waals surface area (Å²) in [5.74, 6) is 0.902. The lowest BCUT2D eigenvalue weighted by molar-refractivity contribution is 0.223. The Morgan fingerprint density at radius 3 is 2.38 bits per heavy atom. The van der Waals surface area contributed by atoms with E-state index in [0.29, 0.717) is 36.1 Å². The average molecular weight is 535 g/mol. The molecule has 0 saturated heterocycles. The minimum absolute atomic E-state index is 0. The van der Waals surface area contributed by atoms with Crippen molar-refractivity contribution in [3.8, 4) is 5.75 Å². The van der Waals surface area contributed by atoms with Crippen LogP contribution in [0.4, 0.5) is 4.39 Å². The van der Waals surface area contributed by atoms with Crippen LogP contribution in [-0.2, 0) is 9.84 Å². The number of hydrogen-bond acceptors (Lipinski definition) is 4. The van der Waals surface area contributed by atoms with Gasteiger partial charge in [0.15, 0.2) is 15.8 Å². The molecule has 2 aromatic carbocycles. The highest BCUT2D eigenvalue weighted by molar-refractivity contribution is 14.0. The Kier molecular flexibility index (Phi) is 11.0. The molecule has 0 aliphatic rings. The zero-order chi connectivity index (χ0) is 20.4. The monoisotopic (exact) mass is 535 g/mol. The third kappa shape index (κ3) is 8.99. The van der Waals surface area contributed by atoms with Crippen LogP contribution in [0.3, 0.4) is 0 Å². The van der Waals surface area contributed by atoms with Gasteiger partial charge in [-0.2, -0.15) is 0 Å². The number of guanidine groups is 1. The molecule has 0 heterocycles. The summed E-state index contributed by atoms with van der Waals surface area (Å²) >= 11 is 0. The Hall–Kier alpha value is -1.88. The number of sulfone groups is 1. The van der Waals surface area contributed by atoms with Crippen LogP contribution in [-0.4, -0.2) is 46.4 Å². The van der Waals surface area contributed by atoms with E-state index < -0.39 is 9.84 Å². The zero-order valence-electron chi connectivity index (χ0n) is 16.5. The van der Waals surface area contributed by atoms with E-state index >= 15 is 0 Å². The van der Waals surface area contributed by atoms with Gasteiger partial charge in [0.1, 0.15) is 17.7 Å². The van der Waals surface area contributed by atoms with Crippen molar-refractivity contribution in [3.63, 3.8) is 0 Å². The van der Waals surface area contributed by atoms with Gasteiger partial charge in [-0.3, -0.25) is 4.99 Å². The first kappa shape index (κ1) is 25.2. The van der Waals surface area contributed by atoms with Gasteiger partial charge in [-0.15, -0.1) is 24.0 Å². The molecule has 6 nitrogen and oxygen atoms in total. The number of benzene rings is 2. The Morgan fingerprint density at radius 1 is 1.10 bits per heavy atom. The topological polar surface area (TPSA) is 79.8 Å². The standard InChI is InChI=1S/C20H26FN3O3S.HI/c1-16(27-18-11-9-17(21)10-12-18)15-24-20(22-2)23-13-6-14-28(25,26)19-7-4-3-5-8-19;/h3-5,7-12,16H,6,13-15H2,1-2H3,(H2,22,23,24);1H. The summed E-state index contributed by atoms with van der Waals surface area (Å²) in [6, 6.07) is 14.3. The van der Waals surface area contributed by atoms with Crippen molar-refractivity contribution in [2.24, 2.45) is 4.99 Å². The van der Waals surface area contributed by atoms with E-state index in [-0.39, 0.29) is 41.7 Å². The fourth-order valence-electron chi connectivity index (χ4n) is 2.46. The fourth-order valence-corrected chi connectivity index (χ4v) is 3.79. The van der Waals surface area contributed by atoms with Gasteiger partial charge in [0.2, 0.25) is 0 Å². The second-order valence-corrected chi connectivity index (χ2v) is 8.36. The molecule has 0 radical (unpaired) electrons. The number of halogens is 2. The van der Waals surface area contributed by atoms with Gasteiger partial charge < -0.3 is 15.4 Å². The van der Waals surface area contributed by atoms with Gasteiger partial charge in [-0.1, -0.05) is 18.2 Å². The molecule has 0 bridgehead atoms. The quantitative estimate of drug-likeness (QED) is 0.223. The van der Waals surface area contributed by atoms with Gasteiger partial charge in [-0.25, -0.2) is 12.8 Å². The Balaban J connectivity index is 0.00000420. The van der Waals surface area contributed by atoms with Crippen molar-refractivity contribution in [2.45, 2.75) is 24.3 Å². The van der Waals surface area contributed by atoms with E-state index in [9.17, 15) is 12.8 Å². The van der Waals surface area contributed by atoms with Crippen molar-refractivity contribution < 1.29 is 17.5 Å². The van der Waals surface area contributed by atoms with Crippen LogP contribution in [0.1, 0.15) is 13.3 Å². The van der Waals surface area contributed by atoms with Gasteiger partial charge in [0, 0.05) is 13.6 Å². The lowest BCUT2D eigenvalue weighted by atomic mass is 10.3. The van der Waals surface area contributed by atoms with E-state index in [1.807, 2.05) is 6.92 Å². The van der Waals surface area contributed by atoms with E-state index in [0.717, 1.165) is 0 Å². The second-order valence-electron chi connectivity index (χ2n) is 6.25. The number of nitrogens with one attached hydrogen (secondary N) is 2. The van der Waals surface area contributed by atoms with Crippen molar-refractivity contribution in [3.05, 3.63) is 60.4 Å². The molecule has 0 spiro atoms. The van der Waals surface area contributed by atoms with Crippen molar-refractivity contribution in [2.75, 3.05) is 25.9 Å². The Labute approximate surface area is 188 Å². The zero-order valence-corrected chi connectivity index (χ0v) is 19.6. The van der Waals surface area contributed by atoms with Crippen molar-refractivity contribution >= 4 is 39.8 Å². The Morgan fingerprint density at radius 2 is 1.76 bits per heavy atom. The average Bonchev–Trinajstić information content (AvgIpc) is 2.70. The van der Waals surface area contributed by atoms with Crippen LogP contribution in [0.2, 0.25) is 0 Å². The number of aliphatic imine (C=N–C) groups is 1. The molecule has 2 rings (SSSR count). The highest BCUT2D eigenvalue weighted by atomic mass is 127. The molecule has 0 saturated carbocycles. The number of hydrogen-bond donors (Lipinski definition) is 2. The maximum absolute atomic E-state index is 12.9. The minimum Gasteiger partial charge on any atom is -0.489 e. The van der Waals surface area contributed by atoms with Gasteiger partial charge >= 0.3 is 0 Å². The van der Waals surface area contributed by atoms with Gasteiger partial charge in [-0.05, 0) is 49.7 Å². The highest BCUT2D eigenvalue weighted by Crippen LogP contribution is 2.13. The molecule has 0 aliphatic heterocycles. The highest BCUT2D eigenvalue weighted by Gasteiger charge is 2.13. The first-order valence-corrected chi connectivity index (χ1v) is 10.7. The van der Waals surface area contributed by atoms with Gasteiger partial charge in [0.25, 0.3) is 0 Å². The predicted molar refractivity (Wildman–Crippen MR) is 124 cm³/mol. The molecular weight excluding hydrogens is 508 g/mol. The summed E-state index contributed by atoms with van der Waals surface area (Å²) < 4.78 is 43.1. The largest absolute Gasteiger partial charge is 0.489 e. The summed E-state index contributed by atoms with van der Waals surface area (Å²) in [7, 11) is -1.63. The van der Waals surface area contributed by atoms with Crippen LogP contribution in [0.25, 0.3) is 0 Å². The van der Waals surface area contributed by atoms with Crippen molar-refractivity contribution in [1.29, 1.82) is 0 Å². The van der Waals surface area contributed by atoms with Crippen LogP contribution in [0.15, 0.2) is 64.5 Å². The van der Waals surface area contributed by atoms with Crippen molar-refractivity contribution in [1.82, 2.24) is 10.6 Å². The summed E-state index contributed by atoms with van der Waals surface area (Å²) in [6.07, 6.45) is 0.294. The number of nitrogens with zero attached hydrogens (tertiary/aromatic N) is 1. The van der Waals surface area contributed by atoms with Gasteiger partial charge in [0.05, 0.1) is 17.2 Å². The molecule has 1 atom stereocenters. The van der Waals surface area contributed by atoms with E-state index in [2.05, 4.69) is 15.6 Å². The molecule has 0 aliphatic carbocycles. The molecule has 0 fully saturated rings. The molecule has 160 valence electrons. The normalized spacial score (nSPS) is 12.6. The Bertz CT molecular complexity index is 862. The van der Waals surface area contributed by atoms with Crippen LogP contribution in [0.5, 0.6) is 5.75 Å². The third-order valence-electron chi connectivity index (χ3n) is 3.92. The first-order chi connectivity index (χ1) is 13.4. The predicted octanol–water partition coefficient (Wildman–Crippen LogP) is 3.24. The maximum Gasteiger partial charge on any atom is 0.191 e. The van der Waals surface area contributed by atoms with E-state index in [1.54, 1.807) is 49.5 Å². The maximum atomic E-state index is 12.9. The minimum atomic E-state index is -3.28. The molecule has 2 N–H and O–H groups in total. The van der Waals surface area contributed by atoms with E-state index in [1.165, 1.54) is 12.1 Å². The van der Waals surface area contributed by atoms with Crippen LogP contribution < -0.4 is 15.4 Å². The second kappa shape index (κ2) is 12.6. The third-order valence-corrected chi connectivity index (χ3v) is 5.73. The summed E-state index contributed by atoms with van der Waals surface area (Å²) in [4.78, 5) is 4.45. The number of rotatable bonds is 9. The number of ether oxygens (including phenoxy) is 1. The molecule has 2 aromatic rings. The first-order valence-electron chi connectivity index (χ1n) is 9.05. The lowest BCUT2D eigenvalue weighted by Gasteiger charge is -2.17. The smallest absolute Gasteiger partial charge is 0.191 e. The molecule has 9 heteroatoms. The molecule has 0 amide bonds. The molecular formula is C20H27FIN3O3S. The van der Waals surface area contributed by atoms with Crippen LogP contribution >= 0.6 is 24.0 Å². The summed E-state index contributed by atoms with van der Waals surface area (Å²) in [6.45, 7) is 2.84. The molecule has 29 heavy (non-hydrogen) atoms. The summed E-state index contributed by atoms with van der Waals surface area (Å²) in [5.41, 5.74) is 0.